The van der Waals surface area contributed by atoms with E-state index in [0.29, 0.717) is 11.5 Å². The molecule has 2 aromatic rings. The number of fused-ring (bicyclic) bond motifs is 2. The molecule has 5 heteroatoms. The van der Waals surface area contributed by atoms with Crippen molar-refractivity contribution in [3.63, 3.8) is 0 Å². The van der Waals surface area contributed by atoms with Crippen LogP contribution in [-0.2, 0) is 22.4 Å². The van der Waals surface area contributed by atoms with Gasteiger partial charge in [0.25, 0.3) is 5.91 Å². The Labute approximate surface area is 147 Å². The molecule has 1 aliphatic carbocycles. The van der Waals surface area contributed by atoms with Crippen molar-refractivity contribution in [2.45, 2.75) is 46.1 Å². The van der Waals surface area contributed by atoms with Crippen molar-refractivity contribution < 1.29 is 14.3 Å². The Morgan fingerprint density at radius 2 is 2.08 bits per heavy atom. The minimum Gasteiger partial charge on any atom is -0.452 e. The number of aryl methyl sites for hydroxylation is 1. The molecule has 0 bridgehead atoms. The van der Waals surface area contributed by atoms with E-state index in [1.165, 1.54) is 0 Å². The molecule has 0 fully saturated rings. The number of hydrogen-bond acceptors (Lipinski definition) is 4. The fourth-order valence-electron chi connectivity index (χ4n) is 3.36. The molecule has 1 aromatic carbocycles. The van der Waals surface area contributed by atoms with Gasteiger partial charge in [-0.1, -0.05) is 25.1 Å². The molecule has 5 nitrogen and oxygen atoms in total. The average Bonchev–Trinajstić information content (AvgIpc) is 2.57. The van der Waals surface area contributed by atoms with E-state index in [1.807, 2.05) is 38.1 Å². The molecule has 3 rings (SSSR count). The lowest BCUT2D eigenvalue weighted by molar-refractivity contribution is -0.124. The lowest BCUT2D eigenvalue weighted by atomic mass is 9.84. The first-order valence-corrected chi connectivity index (χ1v) is 8.82. The fourth-order valence-corrected chi connectivity index (χ4v) is 3.36. The number of aromatic nitrogens is 1. The highest BCUT2D eigenvalue weighted by Crippen LogP contribution is 2.31. The zero-order valence-electron chi connectivity index (χ0n) is 15.0. The number of nitrogens with one attached hydrogen (secondary N) is 1. The first kappa shape index (κ1) is 17.4. The van der Waals surface area contributed by atoms with Gasteiger partial charge in [0.15, 0.2) is 6.61 Å². The van der Waals surface area contributed by atoms with Crippen molar-refractivity contribution >= 4 is 22.8 Å². The highest BCUT2D eigenvalue weighted by molar-refractivity contribution is 6.05. The smallest absolute Gasteiger partial charge is 0.339 e. The molecule has 0 radical (unpaired) electrons. The summed E-state index contributed by atoms with van der Waals surface area (Å²) in [6.07, 6.45) is 2.76. The van der Waals surface area contributed by atoms with E-state index in [2.05, 4.69) is 12.2 Å². The number of pyridine rings is 1. The minimum atomic E-state index is -0.442. The number of esters is 1. The molecule has 1 atom stereocenters. The van der Waals surface area contributed by atoms with Crippen LogP contribution >= 0.6 is 0 Å². The van der Waals surface area contributed by atoms with Gasteiger partial charge >= 0.3 is 5.97 Å². The fraction of sp³-hybridized carbons (Fsp3) is 0.450. The minimum absolute atomic E-state index is 0.0153. The largest absolute Gasteiger partial charge is 0.452 e. The van der Waals surface area contributed by atoms with E-state index in [1.54, 1.807) is 0 Å². The van der Waals surface area contributed by atoms with Gasteiger partial charge in [0.05, 0.1) is 11.1 Å². The number of benzene rings is 1. The van der Waals surface area contributed by atoms with Gasteiger partial charge in [0.1, 0.15) is 0 Å². The molecule has 1 heterocycles. The van der Waals surface area contributed by atoms with Crippen molar-refractivity contribution in [2.75, 3.05) is 6.61 Å². The second-order valence-corrected chi connectivity index (χ2v) is 7.08. The molecule has 0 aliphatic heterocycles. The van der Waals surface area contributed by atoms with Gasteiger partial charge in [-0.3, -0.25) is 9.78 Å². The summed E-state index contributed by atoms with van der Waals surface area (Å²) in [7, 11) is 0. The number of rotatable bonds is 4. The molecule has 1 unspecified atom stereocenters. The van der Waals surface area contributed by atoms with Crippen LogP contribution in [0.2, 0.25) is 0 Å². The number of hydrogen-bond donors (Lipinski definition) is 1. The molecular weight excluding hydrogens is 316 g/mol. The van der Waals surface area contributed by atoms with E-state index >= 15 is 0 Å². The zero-order chi connectivity index (χ0) is 18.0. The summed E-state index contributed by atoms with van der Waals surface area (Å²) in [5.74, 6) is -0.224. The summed E-state index contributed by atoms with van der Waals surface area (Å²) in [6, 6.07) is 7.63. The normalized spacial score (nSPS) is 16.6. The molecule has 132 valence electrons. The molecular formula is C20H24N2O3. The van der Waals surface area contributed by atoms with E-state index in [0.717, 1.165) is 41.4 Å². The molecule has 0 saturated carbocycles. The topological polar surface area (TPSA) is 68.3 Å². The molecule has 0 saturated heterocycles. The third-order valence-electron chi connectivity index (χ3n) is 4.49. The van der Waals surface area contributed by atoms with Crippen LogP contribution in [0, 0.1) is 5.92 Å². The highest BCUT2D eigenvalue weighted by atomic mass is 16.5. The van der Waals surface area contributed by atoms with Gasteiger partial charge in [-0.05, 0) is 50.7 Å². The van der Waals surface area contributed by atoms with Gasteiger partial charge in [0.2, 0.25) is 0 Å². The number of amides is 1. The number of nitrogens with zero attached hydrogens (tertiary/aromatic N) is 1. The Morgan fingerprint density at radius 3 is 2.84 bits per heavy atom. The van der Waals surface area contributed by atoms with Gasteiger partial charge in [0, 0.05) is 17.1 Å². The SMILES string of the molecule is CC1CCc2nc3ccccc3c(C(=O)OCC(=O)NC(C)C)c2C1. The van der Waals surface area contributed by atoms with Crippen molar-refractivity contribution in [2.24, 2.45) is 5.92 Å². The van der Waals surface area contributed by atoms with Gasteiger partial charge in [-0.15, -0.1) is 0 Å². The Bertz CT molecular complexity index is 814. The van der Waals surface area contributed by atoms with Crippen LogP contribution in [0.4, 0.5) is 0 Å². The molecule has 25 heavy (non-hydrogen) atoms. The van der Waals surface area contributed by atoms with Gasteiger partial charge in [-0.2, -0.15) is 0 Å². The lowest BCUT2D eigenvalue weighted by Crippen LogP contribution is -2.34. The first-order valence-electron chi connectivity index (χ1n) is 8.82. The summed E-state index contributed by atoms with van der Waals surface area (Å²) < 4.78 is 5.32. The average molecular weight is 340 g/mol. The first-order chi connectivity index (χ1) is 12.0. The molecule has 1 aliphatic rings. The van der Waals surface area contributed by atoms with Gasteiger partial charge in [-0.25, -0.2) is 4.79 Å². The summed E-state index contributed by atoms with van der Waals surface area (Å²) >= 11 is 0. The maximum Gasteiger partial charge on any atom is 0.339 e. The maximum atomic E-state index is 12.8. The third kappa shape index (κ3) is 3.81. The third-order valence-corrected chi connectivity index (χ3v) is 4.49. The Kier molecular flexibility index (Phi) is 5.02. The molecule has 1 aromatic heterocycles. The van der Waals surface area contributed by atoms with Crippen LogP contribution in [0.25, 0.3) is 10.9 Å². The summed E-state index contributed by atoms with van der Waals surface area (Å²) in [5.41, 5.74) is 3.33. The summed E-state index contributed by atoms with van der Waals surface area (Å²) in [4.78, 5) is 29.3. The van der Waals surface area contributed by atoms with Crippen molar-refractivity contribution in [3.05, 3.63) is 41.1 Å². The Balaban J connectivity index is 1.95. The monoisotopic (exact) mass is 340 g/mol. The molecule has 0 spiro atoms. The molecule has 1 N–H and O–H groups in total. The van der Waals surface area contributed by atoms with E-state index in [9.17, 15) is 9.59 Å². The number of ether oxygens (including phenoxy) is 1. The van der Waals surface area contributed by atoms with Crippen molar-refractivity contribution in [3.8, 4) is 0 Å². The van der Waals surface area contributed by atoms with E-state index in [-0.39, 0.29) is 18.6 Å². The van der Waals surface area contributed by atoms with Gasteiger partial charge < -0.3 is 10.1 Å². The van der Waals surface area contributed by atoms with Crippen LogP contribution in [-0.4, -0.2) is 29.5 Å². The number of para-hydroxylation sites is 1. The Morgan fingerprint density at radius 1 is 1.32 bits per heavy atom. The van der Waals surface area contributed by atoms with Crippen LogP contribution < -0.4 is 5.32 Å². The van der Waals surface area contributed by atoms with E-state index < -0.39 is 5.97 Å². The van der Waals surface area contributed by atoms with Crippen LogP contribution in [0.5, 0.6) is 0 Å². The van der Waals surface area contributed by atoms with Crippen LogP contribution in [0.15, 0.2) is 24.3 Å². The van der Waals surface area contributed by atoms with E-state index in [4.69, 9.17) is 9.72 Å². The lowest BCUT2D eigenvalue weighted by Gasteiger charge is -2.24. The zero-order valence-corrected chi connectivity index (χ0v) is 15.0. The summed E-state index contributed by atoms with van der Waals surface area (Å²) in [6.45, 7) is 5.66. The summed E-state index contributed by atoms with van der Waals surface area (Å²) in [5, 5.41) is 3.52. The van der Waals surface area contributed by atoms with Crippen molar-refractivity contribution in [1.82, 2.24) is 10.3 Å². The quantitative estimate of drug-likeness (QED) is 0.869. The highest BCUT2D eigenvalue weighted by Gasteiger charge is 2.26. The standard InChI is InChI=1S/C20H24N2O3/c1-12(2)21-18(23)11-25-20(24)19-14-6-4-5-7-16(14)22-17-9-8-13(3)10-15(17)19/h4-7,12-13H,8-11H2,1-3H3,(H,21,23). The molecule has 1 amide bonds. The number of carbonyl (C=O) groups is 2. The second kappa shape index (κ2) is 7.21. The predicted molar refractivity (Wildman–Crippen MR) is 96.5 cm³/mol. The van der Waals surface area contributed by atoms with Crippen molar-refractivity contribution in [1.29, 1.82) is 0 Å². The van der Waals surface area contributed by atoms with Crippen LogP contribution in [0.3, 0.4) is 0 Å². The maximum absolute atomic E-state index is 12.8. The number of carbonyl (C=O) groups excluding carboxylic acids is 2. The Hall–Kier alpha value is -2.43. The van der Waals surface area contributed by atoms with Crippen LogP contribution in [0.1, 0.15) is 48.8 Å². The predicted octanol–water partition coefficient (Wildman–Crippen LogP) is 3.04. The second-order valence-electron chi connectivity index (χ2n) is 7.08.